The monoisotopic (exact) mass is 528 g/mol. The highest BCUT2D eigenvalue weighted by Crippen LogP contribution is 2.50. The van der Waals surface area contributed by atoms with Crippen molar-refractivity contribution in [1.82, 2.24) is 14.2 Å². The van der Waals surface area contributed by atoms with E-state index in [4.69, 9.17) is 29.8 Å². The molecule has 12 nitrogen and oxygen atoms in total. The summed E-state index contributed by atoms with van der Waals surface area (Å²) in [5.74, 6) is -0.923. The quantitative estimate of drug-likeness (QED) is 0.178. The van der Waals surface area contributed by atoms with Gasteiger partial charge in [0.2, 0.25) is 6.54 Å². The molecule has 202 valence electrons. The SMILES string of the molecule is [C-]#[N+]CCOP(O[C@@H]1C(OC)[C@H](n2ccc(=O)[nH]c2=O)O[C@@H]1CC(C)C(=O)OC)N(C(C)C)C(C)C. The van der Waals surface area contributed by atoms with E-state index in [-0.39, 0.29) is 31.7 Å². The minimum atomic E-state index is -1.66. The number of hydrogen-bond donors (Lipinski definition) is 1. The Kier molecular flexibility index (Phi) is 11.7. The first kappa shape index (κ1) is 30.1. The molecule has 0 aliphatic carbocycles. The van der Waals surface area contributed by atoms with E-state index in [1.807, 2.05) is 27.7 Å². The van der Waals surface area contributed by atoms with Crippen molar-refractivity contribution in [2.24, 2.45) is 5.92 Å². The molecule has 0 radical (unpaired) electrons. The predicted molar refractivity (Wildman–Crippen MR) is 133 cm³/mol. The van der Waals surface area contributed by atoms with Gasteiger partial charge in [-0.25, -0.2) is 16.0 Å². The van der Waals surface area contributed by atoms with Crippen LogP contribution in [-0.2, 0) is 28.1 Å². The first-order valence-corrected chi connectivity index (χ1v) is 13.0. The average Bonchev–Trinajstić information content (AvgIpc) is 3.14. The van der Waals surface area contributed by atoms with Gasteiger partial charge in [0.1, 0.15) is 18.8 Å². The maximum atomic E-state index is 12.6. The molecule has 1 aromatic rings. The fourth-order valence-electron chi connectivity index (χ4n) is 4.17. The lowest BCUT2D eigenvalue weighted by molar-refractivity contribution is -0.146. The lowest BCUT2D eigenvalue weighted by Crippen LogP contribution is -2.41. The van der Waals surface area contributed by atoms with E-state index in [9.17, 15) is 14.4 Å². The van der Waals surface area contributed by atoms with Crippen molar-refractivity contribution in [2.75, 3.05) is 27.4 Å². The van der Waals surface area contributed by atoms with Crippen LogP contribution in [0.3, 0.4) is 0 Å². The molecule has 1 aliphatic heterocycles. The number of aromatic nitrogens is 2. The molecule has 0 spiro atoms. The normalized spacial score (nSPS) is 23.7. The van der Waals surface area contributed by atoms with Crippen LogP contribution in [0.1, 0.15) is 47.3 Å². The first-order valence-electron chi connectivity index (χ1n) is 11.8. The van der Waals surface area contributed by atoms with Gasteiger partial charge in [-0.2, -0.15) is 0 Å². The number of hydrogen-bond acceptors (Lipinski definition) is 9. The van der Waals surface area contributed by atoms with E-state index >= 15 is 0 Å². The predicted octanol–water partition coefficient (Wildman–Crippen LogP) is 2.31. The van der Waals surface area contributed by atoms with Crippen LogP contribution in [-0.4, -0.2) is 78.0 Å². The Balaban J connectivity index is 2.48. The maximum absolute atomic E-state index is 12.6. The molecule has 1 saturated heterocycles. The molecular weight excluding hydrogens is 491 g/mol. The Morgan fingerprint density at radius 1 is 1.22 bits per heavy atom. The second-order valence-corrected chi connectivity index (χ2v) is 10.4. The van der Waals surface area contributed by atoms with Gasteiger partial charge in [-0.1, -0.05) is 6.92 Å². The zero-order valence-electron chi connectivity index (χ0n) is 21.9. The molecule has 1 fully saturated rings. The van der Waals surface area contributed by atoms with Crippen molar-refractivity contribution in [1.29, 1.82) is 0 Å². The minimum absolute atomic E-state index is 0.0671. The Labute approximate surface area is 212 Å². The second-order valence-electron chi connectivity index (χ2n) is 9.03. The number of H-pyrrole nitrogens is 1. The molecule has 3 unspecified atom stereocenters. The molecule has 1 aliphatic rings. The second kappa shape index (κ2) is 14.0. The van der Waals surface area contributed by atoms with Crippen molar-refractivity contribution in [3.05, 3.63) is 44.5 Å². The highest BCUT2D eigenvalue weighted by Gasteiger charge is 2.50. The Bertz CT molecular complexity index is 999. The molecule has 0 aromatic carbocycles. The molecule has 1 N–H and O–H groups in total. The lowest BCUT2D eigenvalue weighted by atomic mass is 9.99. The summed E-state index contributed by atoms with van der Waals surface area (Å²) < 4.78 is 32.8. The van der Waals surface area contributed by atoms with E-state index in [0.29, 0.717) is 0 Å². The van der Waals surface area contributed by atoms with Crippen molar-refractivity contribution in [3.8, 4) is 0 Å². The van der Waals surface area contributed by atoms with Gasteiger partial charge in [0, 0.05) is 31.5 Å². The Morgan fingerprint density at radius 2 is 1.89 bits per heavy atom. The third kappa shape index (κ3) is 7.44. The highest BCUT2D eigenvalue weighted by molar-refractivity contribution is 7.44. The standard InChI is InChI=1S/C23H37N4O8P/c1-14(2)27(15(3)4)36(33-12-10-24-6)35-19-17(13-16(5)22(29)32-8)34-21(20(19)31-7)26-11-9-18(28)25-23(26)30/h9,11,14-17,19-21H,10,12-13H2,1-5,7-8H3,(H,25,28,30)/t16?,17-,19+,20?,21-,36?/m1/s1. The molecular formula is C23H37N4O8P. The molecule has 0 amide bonds. The Hall–Kier alpha value is -2.13. The number of esters is 1. The van der Waals surface area contributed by atoms with Crippen LogP contribution in [0.15, 0.2) is 21.9 Å². The summed E-state index contributed by atoms with van der Waals surface area (Å²) >= 11 is 0. The number of rotatable bonds is 13. The third-order valence-electron chi connectivity index (χ3n) is 5.74. The summed E-state index contributed by atoms with van der Waals surface area (Å²) in [6.07, 6.45) is -1.51. The number of ether oxygens (including phenoxy) is 3. The van der Waals surface area contributed by atoms with Gasteiger partial charge in [0.05, 0.1) is 19.1 Å². The smallest absolute Gasteiger partial charge is 0.330 e. The van der Waals surface area contributed by atoms with Crippen LogP contribution in [0.25, 0.3) is 4.85 Å². The van der Waals surface area contributed by atoms with Gasteiger partial charge < -0.3 is 28.1 Å². The Morgan fingerprint density at radius 3 is 2.42 bits per heavy atom. The third-order valence-corrected chi connectivity index (χ3v) is 7.86. The fraction of sp³-hybridized carbons (Fsp3) is 0.739. The van der Waals surface area contributed by atoms with Crippen LogP contribution in [0.5, 0.6) is 0 Å². The maximum Gasteiger partial charge on any atom is 0.330 e. The van der Waals surface area contributed by atoms with Crippen LogP contribution in [0, 0.1) is 12.5 Å². The fourth-order valence-corrected chi connectivity index (χ4v) is 5.93. The van der Waals surface area contributed by atoms with Gasteiger partial charge in [-0.05, 0) is 34.1 Å². The van der Waals surface area contributed by atoms with Crippen LogP contribution in [0.2, 0.25) is 0 Å². The van der Waals surface area contributed by atoms with Crippen molar-refractivity contribution in [2.45, 2.75) is 77.7 Å². The van der Waals surface area contributed by atoms with Crippen molar-refractivity contribution in [3.63, 3.8) is 0 Å². The first-order chi connectivity index (χ1) is 17.0. The topological polar surface area (TPSA) is 126 Å². The summed E-state index contributed by atoms with van der Waals surface area (Å²) in [6, 6.07) is 1.35. The number of methoxy groups -OCH3 is 2. The van der Waals surface area contributed by atoms with Gasteiger partial charge in [0.25, 0.3) is 14.1 Å². The highest BCUT2D eigenvalue weighted by atomic mass is 31.2. The average molecular weight is 529 g/mol. The zero-order valence-corrected chi connectivity index (χ0v) is 22.8. The molecule has 2 heterocycles. The van der Waals surface area contributed by atoms with Gasteiger partial charge in [0.15, 0.2) is 6.23 Å². The van der Waals surface area contributed by atoms with Crippen LogP contribution in [0.4, 0.5) is 0 Å². The number of nitrogens with one attached hydrogen (secondary N) is 1. The van der Waals surface area contributed by atoms with Crippen molar-refractivity contribution < 1.29 is 28.1 Å². The van der Waals surface area contributed by atoms with E-state index < -0.39 is 56.2 Å². The van der Waals surface area contributed by atoms with Gasteiger partial charge in [-0.3, -0.25) is 19.1 Å². The molecule has 36 heavy (non-hydrogen) atoms. The number of nitrogens with zero attached hydrogens (tertiary/aromatic N) is 3. The zero-order chi connectivity index (χ0) is 27.0. The summed E-state index contributed by atoms with van der Waals surface area (Å²) in [7, 11) is 1.13. The molecule has 6 atom stereocenters. The number of carbonyl (C=O) groups excluding carboxylic acids is 1. The summed E-state index contributed by atoms with van der Waals surface area (Å²) in [5, 5.41) is 0. The summed E-state index contributed by atoms with van der Waals surface area (Å²) in [4.78, 5) is 41.9. The molecule has 1 aromatic heterocycles. The van der Waals surface area contributed by atoms with E-state index in [1.54, 1.807) is 6.92 Å². The molecule has 0 bridgehead atoms. The number of aromatic amines is 1. The van der Waals surface area contributed by atoms with E-state index in [0.717, 1.165) is 0 Å². The largest absolute Gasteiger partial charge is 0.469 e. The summed E-state index contributed by atoms with van der Waals surface area (Å²) in [5.41, 5.74) is -1.19. The number of carbonyl (C=O) groups is 1. The van der Waals surface area contributed by atoms with E-state index in [2.05, 4.69) is 14.5 Å². The van der Waals surface area contributed by atoms with Gasteiger partial charge in [-0.15, -0.1) is 0 Å². The van der Waals surface area contributed by atoms with Gasteiger partial charge >= 0.3 is 11.7 Å². The van der Waals surface area contributed by atoms with Crippen LogP contribution < -0.4 is 11.2 Å². The molecule has 2 rings (SSSR count). The molecule has 0 saturated carbocycles. The molecule has 13 heteroatoms. The lowest BCUT2D eigenvalue weighted by Gasteiger charge is -2.38. The van der Waals surface area contributed by atoms with Crippen LogP contribution >= 0.6 is 8.53 Å². The van der Waals surface area contributed by atoms with Crippen molar-refractivity contribution >= 4 is 14.5 Å². The minimum Gasteiger partial charge on any atom is -0.469 e. The van der Waals surface area contributed by atoms with E-state index in [1.165, 1.54) is 31.0 Å². The summed E-state index contributed by atoms with van der Waals surface area (Å²) in [6.45, 7) is 17.3.